The predicted molar refractivity (Wildman–Crippen MR) is 50.7 cm³/mol. The van der Waals surface area contributed by atoms with Crippen molar-refractivity contribution in [3.05, 3.63) is 24.2 Å². The Bertz CT molecular complexity index is 310. The van der Waals surface area contributed by atoms with Crippen molar-refractivity contribution in [3.8, 4) is 0 Å². The summed E-state index contributed by atoms with van der Waals surface area (Å²) in [6.07, 6.45) is 4.91. The highest BCUT2D eigenvalue weighted by atomic mass is 19.1. The minimum absolute atomic E-state index is 0.351. The van der Waals surface area contributed by atoms with Crippen LogP contribution in [0.2, 0.25) is 0 Å². The lowest BCUT2D eigenvalue weighted by atomic mass is 9.87. The van der Waals surface area contributed by atoms with E-state index in [-0.39, 0.29) is 0 Å². The molecule has 3 rings (SSSR count). The van der Waals surface area contributed by atoms with E-state index in [1.807, 2.05) is 0 Å². The molecule has 0 spiro atoms. The number of piperidine rings is 1. The van der Waals surface area contributed by atoms with Crippen LogP contribution in [-0.2, 0) is 5.67 Å². The number of furan rings is 1. The fraction of sp³-hybridized carbons (Fsp3) is 0.636. The summed E-state index contributed by atoms with van der Waals surface area (Å²) in [6, 6.07) is 4.22. The smallest absolute Gasteiger partial charge is 0.171 e. The summed E-state index contributed by atoms with van der Waals surface area (Å²) < 4.78 is 19.7. The van der Waals surface area contributed by atoms with Crippen molar-refractivity contribution < 1.29 is 8.81 Å². The van der Waals surface area contributed by atoms with Crippen molar-refractivity contribution in [1.82, 2.24) is 5.32 Å². The molecule has 0 aromatic carbocycles. The normalized spacial score (nSPS) is 41.5. The molecule has 2 aliphatic rings. The maximum Gasteiger partial charge on any atom is 0.171 e. The molecule has 0 amide bonds. The van der Waals surface area contributed by atoms with E-state index in [2.05, 4.69) is 5.32 Å². The van der Waals surface area contributed by atoms with Gasteiger partial charge in [-0.2, -0.15) is 0 Å². The van der Waals surface area contributed by atoms with E-state index in [1.165, 1.54) is 0 Å². The van der Waals surface area contributed by atoms with Crippen molar-refractivity contribution in [2.45, 2.75) is 43.4 Å². The Morgan fingerprint density at radius 2 is 2.07 bits per heavy atom. The number of hydrogen-bond donors (Lipinski definition) is 1. The zero-order chi connectivity index (χ0) is 9.60. The Morgan fingerprint density at radius 1 is 1.36 bits per heavy atom. The van der Waals surface area contributed by atoms with Crippen LogP contribution in [0.25, 0.3) is 0 Å². The van der Waals surface area contributed by atoms with Crippen LogP contribution < -0.4 is 5.32 Å². The van der Waals surface area contributed by atoms with Crippen LogP contribution in [0.1, 0.15) is 31.4 Å². The van der Waals surface area contributed by atoms with Gasteiger partial charge < -0.3 is 9.73 Å². The SMILES string of the molecule is FC1(c2ccco2)CC2CCC(C1)N2. The Hall–Kier alpha value is -0.830. The number of alkyl halides is 1. The molecule has 2 bridgehead atoms. The number of hydrogen-bond acceptors (Lipinski definition) is 2. The first kappa shape index (κ1) is 8.48. The van der Waals surface area contributed by atoms with Crippen molar-refractivity contribution in [2.24, 2.45) is 0 Å². The fourth-order valence-corrected chi connectivity index (χ4v) is 2.82. The monoisotopic (exact) mass is 195 g/mol. The molecule has 3 heteroatoms. The summed E-state index contributed by atoms with van der Waals surface area (Å²) in [5.41, 5.74) is -1.22. The van der Waals surface area contributed by atoms with Crippen molar-refractivity contribution in [3.63, 3.8) is 0 Å². The summed E-state index contributed by atoms with van der Waals surface area (Å²) >= 11 is 0. The Kier molecular flexibility index (Phi) is 1.71. The molecule has 0 saturated carbocycles. The minimum atomic E-state index is -1.22. The van der Waals surface area contributed by atoms with E-state index in [9.17, 15) is 4.39 Å². The van der Waals surface area contributed by atoms with Crippen LogP contribution >= 0.6 is 0 Å². The maximum atomic E-state index is 14.5. The molecule has 2 fully saturated rings. The Labute approximate surface area is 82.5 Å². The Balaban J connectivity index is 1.90. The highest BCUT2D eigenvalue weighted by molar-refractivity contribution is 5.14. The van der Waals surface area contributed by atoms with Gasteiger partial charge in [-0.25, -0.2) is 4.39 Å². The molecule has 1 aromatic heterocycles. The number of halogens is 1. The third kappa shape index (κ3) is 1.19. The topological polar surface area (TPSA) is 25.2 Å². The molecule has 2 saturated heterocycles. The largest absolute Gasteiger partial charge is 0.466 e. The zero-order valence-corrected chi connectivity index (χ0v) is 8.00. The molecule has 76 valence electrons. The van der Waals surface area contributed by atoms with Crippen LogP contribution in [0.4, 0.5) is 4.39 Å². The lowest BCUT2D eigenvalue weighted by Crippen LogP contribution is -2.44. The van der Waals surface area contributed by atoms with Gasteiger partial charge in [0, 0.05) is 24.9 Å². The molecule has 2 aliphatic heterocycles. The predicted octanol–water partition coefficient (Wildman–Crippen LogP) is 2.36. The average molecular weight is 195 g/mol. The van der Waals surface area contributed by atoms with Gasteiger partial charge in [-0.1, -0.05) is 0 Å². The van der Waals surface area contributed by atoms with Crippen LogP contribution in [0.5, 0.6) is 0 Å². The first-order chi connectivity index (χ1) is 6.76. The summed E-state index contributed by atoms with van der Waals surface area (Å²) in [4.78, 5) is 0. The van der Waals surface area contributed by atoms with Crippen LogP contribution in [0.15, 0.2) is 22.8 Å². The average Bonchev–Trinajstić information content (AvgIpc) is 2.75. The van der Waals surface area contributed by atoms with Gasteiger partial charge in [0.1, 0.15) is 5.76 Å². The lowest BCUT2D eigenvalue weighted by molar-refractivity contribution is 0.0627. The van der Waals surface area contributed by atoms with E-state index in [4.69, 9.17) is 4.42 Å². The molecular formula is C11H14FNO. The zero-order valence-electron chi connectivity index (χ0n) is 8.00. The molecule has 3 heterocycles. The molecular weight excluding hydrogens is 181 g/mol. The van der Waals surface area contributed by atoms with E-state index in [1.54, 1.807) is 18.4 Å². The molecule has 2 nitrogen and oxygen atoms in total. The molecule has 1 N–H and O–H groups in total. The van der Waals surface area contributed by atoms with Gasteiger partial charge in [0.05, 0.1) is 6.26 Å². The van der Waals surface area contributed by atoms with Crippen LogP contribution in [-0.4, -0.2) is 12.1 Å². The third-order valence-electron chi connectivity index (χ3n) is 3.44. The molecule has 0 aliphatic carbocycles. The summed E-state index contributed by atoms with van der Waals surface area (Å²) in [6.45, 7) is 0. The lowest BCUT2D eigenvalue weighted by Gasteiger charge is -2.33. The minimum Gasteiger partial charge on any atom is -0.466 e. The van der Waals surface area contributed by atoms with E-state index in [0.717, 1.165) is 12.8 Å². The van der Waals surface area contributed by atoms with Gasteiger partial charge in [-0.15, -0.1) is 0 Å². The first-order valence-corrected chi connectivity index (χ1v) is 5.25. The highest BCUT2D eigenvalue weighted by Gasteiger charge is 2.46. The quantitative estimate of drug-likeness (QED) is 0.744. The maximum absolute atomic E-state index is 14.5. The first-order valence-electron chi connectivity index (χ1n) is 5.25. The standard InChI is InChI=1S/C11H14FNO/c12-11(10-2-1-5-14-10)6-8-3-4-9(7-11)13-8/h1-2,5,8-9,13H,3-4,6-7H2. The third-order valence-corrected chi connectivity index (χ3v) is 3.44. The summed E-state index contributed by atoms with van der Waals surface area (Å²) in [7, 11) is 0. The van der Waals surface area contributed by atoms with Crippen molar-refractivity contribution >= 4 is 0 Å². The second-order valence-electron chi connectivity index (χ2n) is 4.49. The summed E-state index contributed by atoms with van der Waals surface area (Å²) in [5, 5.41) is 3.43. The summed E-state index contributed by atoms with van der Waals surface area (Å²) in [5.74, 6) is 0.510. The van der Waals surface area contributed by atoms with E-state index < -0.39 is 5.67 Å². The van der Waals surface area contributed by atoms with Gasteiger partial charge in [0.25, 0.3) is 0 Å². The fourth-order valence-electron chi connectivity index (χ4n) is 2.82. The number of fused-ring (bicyclic) bond motifs is 2. The van der Waals surface area contributed by atoms with Crippen LogP contribution in [0.3, 0.4) is 0 Å². The number of rotatable bonds is 1. The van der Waals surface area contributed by atoms with Crippen molar-refractivity contribution in [2.75, 3.05) is 0 Å². The Morgan fingerprint density at radius 3 is 2.64 bits per heavy atom. The second-order valence-corrected chi connectivity index (χ2v) is 4.49. The van der Waals surface area contributed by atoms with E-state index in [0.29, 0.717) is 30.7 Å². The molecule has 14 heavy (non-hydrogen) atoms. The molecule has 2 unspecified atom stereocenters. The van der Waals surface area contributed by atoms with Gasteiger partial charge >= 0.3 is 0 Å². The van der Waals surface area contributed by atoms with Crippen LogP contribution in [0, 0.1) is 0 Å². The van der Waals surface area contributed by atoms with Gasteiger partial charge in [-0.3, -0.25) is 0 Å². The van der Waals surface area contributed by atoms with Gasteiger partial charge in [0.15, 0.2) is 5.67 Å². The molecule has 0 radical (unpaired) electrons. The number of nitrogens with one attached hydrogen (secondary N) is 1. The molecule has 2 atom stereocenters. The highest BCUT2D eigenvalue weighted by Crippen LogP contribution is 2.43. The molecule has 1 aromatic rings. The van der Waals surface area contributed by atoms with Gasteiger partial charge in [0.2, 0.25) is 0 Å². The van der Waals surface area contributed by atoms with Crippen molar-refractivity contribution in [1.29, 1.82) is 0 Å². The second kappa shape index (κ2) is 2.83. The van der Waals surface area contributed by atoms with E-state index >= 15 is 0 Å². The van der Waals surface area contributed by atoms with Gasteiger partial charge in [-0.05, 0) is 25.0 Å².